The van der Waals surface area contributed by atoms with Gasteiger partial charge in [-0.2, -0.15) is 0 Å². The third kappa shape index (κ3) is 4.50. The molecule has 0 radical (unpaired) electrons. The molecule has 4 heteroatoms. The average Bonchev–Trinajstić information content (AvgIpc) is 2.48. The quantitative estimate of drug-likeness (QED) is 0.897. The van der Waals surface area contributed by atoms with E-state index < -0.39 is 0 Å². The van der Waals surface area contributed by atoms with Gasteiger partial charge in [-0.25, -0.2) is 0 Å². The Morgan fingerprint density at radius 1 is 1.18 bits per heavy atom. The van der Waals surface area contributed by atoms with E-state index in [1.807, 2.05) is 63.2 Å². The van der Waals surface area contributed by atoms with Gasteiger partial charge in [-0.15, -0.1) is 0 Å². The van der Waals surface area contributed by atoms with E-state index in [4.69, 9.17) is 16.3 Å². The zero-order valence-corrected chi connectivity index (χ0v) is 13.8. The van der Waals surface area contributed by atoms with E-state index in [0.29, 0.717) is 10.8 Å². The highest BCUT2D eigenvalue weighted by atomic mass is 35.5. The normalized spacial score (nSPS) is 11.8. The number of nitrogens with one attached hydrogen (secondary N) is 1. The number of rotatable bonds is 5. The summed E-state index contributed by atoms with van der Waals surface area (Å²) in [4.78, 5) is 12.0. The number of halogens is 1. The first kappa shape index (κ1) is 16.4. The first-order chi connectivity index (χ1) is 10.5. The lowest BCUT2D eigenvalue weighted by molar-refractivity contribution is -0.123. The molecule has 3 nitrogen and oxygen atoms in total. The molecule has 0 aliphatic heterocycles. The summed E-state index contributed by atoms with van der Waals surface area (Å²) in [5.41, 5.74) is 3.31. The Morgan fingerprint density at radius 3 is 2.64 bits per heavy atom. The van der Waals surface area contributed by atoms with Crippen LogP contribution in [0.4, 0.5) is 0 Å². The van der Waals surface area contributed by atoms with Crippen LogP contribution in [0.3, 0.4) is 0 Å². The minimum Gasteiger partial charge on any atom is -0.484 e. The summed E-state index contributed by atoms with van der Waals surface area (Å²) < 4.78 is 5.53. The lowest BCUT2D eigenvalue weighted by Crippen LogP contribution is -2.31. The number of ether oxygens (including phenoxy) is 1. The second-order valence-corrected chi connectivity index (χ2v) is 5.82. The van der Waals surface area contributed by atoms with Crippen LogP contribution in [0.25, 0.3) is 0 Å². The Balaban J connectivity index is 1.88. The molecular formula is C18H20ClNO2. The van der Waals surface area contributed by atoms with Crippen molar-refractivity contribution in [3.63, 3.8) is 0 Å². The van der Waals surface area contributed by atoms with Gasteiger partial charge in [0.15, 0.2) is 6.61 Å². The van der Waals surface area contributed by atoms with Gasteiger partial charge in [-0.05, 0) is 61.7 Å². The molecule has 1 N–H and O–H groups in total. The topological polar surface area (TPSA) is 38.3 Å². The fraction of sp³-hybridized carbons (Fsp3) is 0.278. The van der Waals surface area contributed by atoms with Crippen molar-refractivity contribution in [3.05, 3.63) is 64.2 Å². The van der Waals surface area contributed by atoms with Crippen molar-refractivity contribution in [1.29, 1.82) is 0 Å². The predicted octanol–water partition coefficient (Wildman–Crippen LogP) is 4.21. The maximum atomic E-state index is 12.0. The molecule has 0 saturated carbocycles. The Labute approximate surface area is 136 Å². The van der Waals surface area contributed by atoms with Gasteiger partial charge in [-0.1, -0.05) is 29.8 Å². The Bertz CT molecular complexity index is 670. The van der Waals surface area contributed by atoms with Crippen LogP contribution in [0.5, 0.6) is 5.75 Å². The van der Waals surface area contributed by atoms with Crippen LogP contribution in [0, 0.1) is 13.8 Å². The number of aryl methyl sites for hydroxylation is 2. The molecule has 116 valence electrons. The van der Waals surface area contributed by atoms with Gasteiger partial charge >= 0.3 is 0 Å². The summed E-state index contributed by atoms with van der Waals surface area (Å²) >= 11 is 5.96. The predicted molar refractivity (Wildman–Crippen MR) is 89.4 cm³/mol. The molecule has 0 aromatic heterocycles. The van der Waals surface area contributed by atoms with Gasteiger partial charge in [0.1, 0.15) is 5.75 Å². The van der Waals surface area contributed by atoms with Crippen LogP contribution < -0.4 is 10.1 Å². The number of hydrogen-bond donors (Lipinski definition) is 1. The number of carbonyl (C=O) groups excluding carboxylic acids is 1. The smallest absolute Gasteiger partial charge is 0.258 e. The highest BCUT2D eigenvalue weighted by molar-refractivity contribution is 6.30. The fourth-order valence-electron chi connectivity index (χ4n) is 2.09. The molecule has 0 aliphatic rings. The number of carbonyl (C=O) groups is 1. The van der Waals surface area contributed by atoms with E-state index in [-0.39, 0.29) is 18.6 Å². The number of amides is 1. The molecule has 0 aliphatic carbocycles. The molecule has 0 bridgehead atoms. The van der Waals surface area contributed by atoms with Gasteiger partial charge < -0.3 is 10.1 Å². The second kappa shape index (κ2) is 7.32. The highest BCUT2D eigenvalue weighted by Gasteiger charge is 2.10. The molecule has 2 rings (SSSR count). The minimum absolute atomic E-state index is 0.00654. The Kier molecular flexibility index (Phi) is 5.45. The van der Waals surface area contributed by atoms with E-state index in [1.165, 1.54) is 5.56 Å². The lowest BCUT2D eigenvalue weighted by Gasteiger charge is -2.15. The van der Waals surface area contributed by atoms with Crippen molar-refractivity contribution in [2.24, 2.45) is 0 Å². The van der Waals surface area contributed by atoms with Crippen molar-refractivity contribution < 1.29 is 9.53 Å². The molecule has 0 spiro atoms. The standard InChI is InChI=1S/C18H20ClNO2/c1-12-7-8-17(9-13(12)2)22-11-18(21)20-14(3)15-5-4-6-16(19)10-15/h4-10,14H,11H2,1-3H3,(H,20,21)/t14-/m1/s1. The summed E-state index contributed by atoms with van der Waals surface area (Å²) in [5, 5.41) is 3.55. The van der Waals surface area contributed by atoms with Crippen molar-refractivity contribution in [2.45, 2.75) is 26.8 Å². The van der Waals surface area contributed by atoms with Gasteiger partial charge in [0.05, 0.1) is 6.04 Å². The molecule has 0 fully saturated rings. The number of benzene rings is 2. The molecule has 2 aromatic rings. The van der Waals surface area contributed by atoms with Crippen LogP contribution in [-0.4, -0.2) is 12.5 Å². The summed E-state index contributed by atoms with van der Waals surface area (Å²) in [7, 11) is 0. The molecule has 0 heterocycles. The molecule has 2 aromatic carbocycles. The van der Waals surface area contributed by atoms with Gasteiger partial charge in [-0.3, -0.25) is 4.79 Å². The largest absolute Gasteiger partial charge is 0.484 e. The molecule has 22 heavy (non-hydrogen) atoms. The summed E-state index contributed by atoms with van der Waals surface area (Å²) in [6.45, 7) is 5.97. The van der Waals surface area contributed by atoms with Crippen molar-refractivity contribution >= 4 is 17.5 Å². The van der Waals surface area contributed by atoms with Crippen LogP contribution >= 0.6 is 11.6 Å². The zero-order valence-electron chi connectivity index (χ0n) is 13.0. The lowest BCUT2D eigenvalue weighted by atomic mass is 10.1. The van der Waals surface area contributed by atoms with E-state index in [0.717, 1.165) is 11.1 Å². The summed E-state index contributed by atoms with van der Waals surface area (Å²) in [6, 6.07) is 13.1. The van der Waals surface area contributed by atoms with E-state index in [9.17, 15) is 4.79 Å². The van der Waals surface area contributed by atoms with Crippen molar-refractivity contribution in [3.8, 4) is 5.75 Å². The Morgan fingerprint density at radius 2 is 1.95 bits per heavy atom. The molecule has 0 unspecified atom stereocenters. The van der Waals surface area contributed by atoms with Gasteiger partial charge in [0.25, 0.3) is 5.91 Å². The van der Waals surface area contributed by atoms with E-state index in [1.54, 1.807) is 0 Å². The SMILES string of the molecule is Cc1ccc(OCC(=O)N[C@H](C)c2cccc(Cl)c2)cc1C. The molecule has 0 saturated heterocycles. The summed E-state index contributed by atoms with van der Waals surface area (Å²) in [5.74, 6) is 0.541. The van der Waals surface area contributed by atoms with Gasteiger partial charge in [0.2, 0.25) is 0 Å². The zero-order chi connectivity index (χ0) is 16.1. The molecular weight excluding hydrogens is 298 g/mol. The van der Waals surface area contributed by atoms with E-state index in [2.05, 4.69) is 5.32 Å². The van der Waals surface area contributed by atoms with Crippen LogP contribution in [-0.2, 0) is 4.79 Å². The fourth-order valence-corrected chi connectivity index (χ4v) is 2.29. The monoisotopic (exact) mass is 317 g/mol. The second-order valence-electron chi connectivity index (χ2n) is 5.38. The molecule has 1 amide bonds. The summed E-state index contributed by atoms with van der Waals surface area (Å²) in [6.07, 6.45) is 0. The number of hydrogen-bond acceptors (Lipinski definition) is 2. The van der Waals surface area contributed by atoms with Gasteiger partial charge in [0, 0.05) is 5.02 Å². The maximum absolute atomic E-state index is 12.0. The first-order valence-corrected chi connectivity index (χ1v) is 7.58. The van der Waals surface area contributed by atoms with Crippen LogP contribution in [0.1, 0.15) is 29.7 Å². The third-order valence-corrected chi connectivity index (χ3v) is 3.81. The van der Waals surface area contributed by atoms with Crippen LogP contribution in [0.2, 0.25) is 5.02 Å². The highest BCUT2D eigenvalue weighted by Crippen LogP contribution is 2.18. The van der Waals surface area contributed by atoms with Crippen molar-refractivity contribution in [2.75, 3.05) is 6.61 Å². The van der Waals surface area contributed by atoms with E-state index >= 15 is 0 Å². The average molecular weight is 318 g/mol. The van der Waals surface area contributed by atoms with Crippen LogP contribution in [0.15, 0.2) is 42.5 Å². The minimum atomic E-state index is -0.161. The first-order valence-electron chi connectivity index (χ1n) is 7.20. The third-order valence-electron chi connectivity index (χ3n) is 3.57. The Hall–Kier alpha value is -2.00. The maximum Gasteiger partial charge on any atom is 0.258 e. The van der Waals surface area contributed by atoms with Crippen molar-refractivity contribution in [1.82, 2.24) is 5.32 Å². The molecule has 1 atom stereocenters.